The molecule has 19 heteroatoms. The van der Waals surface area contributed by atoms with Gasteiger partial charge in [0, 0.05) is 25.7 Å². The average Bonchev–Trinajstić information content (AvgIpc) is 3.52. The van der Waals surface area contributed by atoms with E-state index < -0.39 is 97.5 Å². The topological polar surface area (TPSA) is 237 Å². The molecular weight excluding hydrogens is 1160 g/mol. The molecule has 0 bridgehead atoms. The summed E-state index contributed by atoms with van der Waals surface area (Å²) < 4.78 is 68.1. The van der Waals surface area contributed by atoms with Crippen molar-refractivity contribution in [1.82, 2.24) is 0 Å². The van der Waals surface area contributed by atoms with Gasteiger partial charge in [0.05, 0.1) is 26.4 Å². The summed E-state index contributed by atoms with van der Waals surface area (Å²) in [5, 5.41) is 10.6. The highest BCUT2D eigenvalue weighted by Gasteiger charge is 2.30. The van der Waals surface area contributed by atoms with Crippen molar-refractivity contribution in [2.75, 3.05) is 39.6 Å². The fraction of sp³-hybridized carbons (Fsp3) is 0.884. The lowest BCUT2D eigenvalue weighted by molar-refractivity contribution is -0.161. The highest BCUT2D eigenvalue weighted by atomic mass is 31.2. The summed E-state index contributed by atoms with van der Waals surface area (Å²) in [6.45, 7) is 11.7. The van der Waals surface area contributed by atoms with E-state index in [-0.39, 0.29) is 25.7 Å². The van der Waals surface area contributed by atoms with Crippen molar-refractivity contribution in [1.29, 1.82) is 0 Å². The number of phosphoric ester groups is 2. The van der Waals surface area contributed by atoms with E-state index in [0.717, 1.165) is 127 Å². The SMILES string of the molecule is CCCCCC/C=C\C=C/CCCCCCCC(=O)O[C@H](COC(=O)CCCCCCCCC(C)CC)COP(=O)(O)OC[C@@H](O)COP(=O)(O)OC[C@@H](COC(=O)CCCCCCCCC(C)C)OC(=O)CCCCCCCCCCCCC(C)CC. The normalized spacial score (nSPS) is 15.0. The first-order valence-electron chi connectivity index (χ1n) is 35.2. The number of aliphatic hydroxyl groups excluding tert-OH is 1. The summed E-state index contributed by atoms with van der Waals surface area (Å²) in [5.74, 6) is 0.0443. The number of ether oxygens (including phenoxy) is 4. The first-order chi connectivity index (χ1) is 42.3. The predicted molar refractivity (Wildman–Crippen MR) is 354 cm³/mol. The second kappa shape index (κ2) is 59.5. The van der Waals surface area contributed by atoms with Gasteiger partial charge in [-0.25, -0.2) is 9.13 Å². The molecule has 0 aromatic heterocycles. The van der Waals surface area contributed by atoms with Gasteiger partial charge < -0.3 is 33.8 Å². The Morgan fingerprint density at radius 3 is 1.01 bits per heavy atom. The Morgan fingerprint density at radius 1 is 0.375 bits per heavy atom. The summed E-state index contributed by atoms with van der Waals surface area (Å²) in [5.41, 5.74) is 0. The van der Waals surface area contributed by atoms with Crippen LogP contribution in [0.4, 0.5) is 0 Å². The molecule has 0 aliphatic rings. The molecule has 0 saturated carbocycles. The van der Waals surface area contributed by atoms with Crippen molar-refractivity contribution in [3.05, 3.63) is 24.3 Å². The second-order valence-electron chi connectivity index (χ2n) is 25.2. The predicted octanol–water partition coefficient (Wildman–Crippen LogP) is 19.0. The zero-order valence-electron chi connectivity index (χ0n) is 56.7. The van der Waals surface area contributed by atoms with E-state index in [9.17, 15) is 43.2 Å². The third-order valence-corrected chi connectivity index (χ3v) is 17.9. The molecule has 0 aromatic carbocycles. The fourth-order valence-electron chi connectivity index (χ4n) is 9.76. The number of esters is 4. The van der Waals surface area contributed by atoms with E-state index in [2.05, 4.69) is 72.8 Å². The van der Waals surface area contributed by atoms with Gasteiger partial charge in [-0.1, -0.05) is 265 Å². The Morgan fingerprint density at radius 2 is 0.670 bits per heavy atom. The highest BCUT2D eigenvalue weighted by Crippen LogP contribution is 2.45. The van der Waals surface area contributed by atoms with E-state index >= 15 is 0 Å². The number of carbonyl (C=O) groups is 4. The maximum absolute atomic E-state index is 13.0. The summed E-state index contributed by atoms with van der Waals surface area (Å²) in [6, 6.07) is 0. The lowest BCUT2D eigenvalue weighted by atomic mass is 9.99. The molecule has 518 valence electrons. The number of hydrogen-bond acceptors (Lipinski definition) is 15. The van der Waals surface area contributed by atoms with Gasteiger partial charge in [0.1, 0.15) is 19.3 Å². The van der Waals surface area contributed by atoms with E-state index in [1.54, 1.807) is 0 Å². The van der Waals surface area contributed by atoms with Gasteiger partial charge in [-0.3, -0.25) is 37.3 Å². The van der Waals surface area contributed by atoms with Crippen molar-refractivity contribution in [3.8, 4) is 0 Å². The Hall–Kier alpha value is -2.46. The van der Waals surface area contributed by atoms with Crippen molar-refractivity contribution >= 4 is 39.5 Å². The number of allylic oxidation sites excluding steroid dienone is 4. The molecule has 0 rings (SSSR count). The molecule has 0 radical (unpaired) electrons. The maximum atomic E-state index is 13.0. The largest absolute Gasteiger partial charge is 0.472 e. The van der Waals surface area contributed by atoms with E-state index in [4.69, 9.17) is 37.0 Å². The van der Waals surface area contributed by atoms with Crippen LogP contribution in [0.3, 0.4) is 0 Å². The Bertz CT molecular complexity index is 1830. The van der Waals surface area contributed by atoms with Crippen molar-refractivity contribution in [2.24, 2.45) is 17.8 Å². The van der Waals surface area contributed by atoms with Gasteiger partial charge in [0.25, 0.3) is 0 Å². The molecule has 4 unspecified atom stereocenters. The van der Waals surface area contributed by atoms with Crippen LogP contribution in [0.5, 0.6) is 0 Å². The Balaban J connectivity index is 5.28. The molecule has 3 N–H and O–H groups in total. The second-order valence-corrected chi connectivity index (χ2v) is 28.1. The smallest absolute Gasteiger partial charge is 0.462 e. The van der Waals surface area contributed by atoms with Crippen molar-refractivity contribution in [2.45, 2.75) is 336 Å². The monoisotopic (exact) mass is 1290 g/mol. The quantitative estimate of drug-likeness (QED) is 0.0169. The van der Waals surface area contributed by atoms with E-state index in [0.29, 0.717) is 31.6 Å². The number of aliphatic hydroxyl groups is 1. The molecule has 0 spiro atoms. The summed E-state index contributed by atoms with van der Waals surface area (Å²) in [6.07, 6.45) is 45.4. The third kappa shape index (κ3) is 59.8. The number of phosphoric acid groups is 2. The molecule has 0 saturated heterocycles. The fourth-order valence-corrected chi connectivity index (χ4v) is 11.3. The molecule has 0 aromatic rings. The lowest BCUT2D eigenvalue weighted by Crippen LogP contribution is -2.30. The molecule has 17 nitrogen and oxygen atoms in total. The highest BCUT2D eigenvalue weighted by molar-refractivity contribution is 7.47. The minimum Gasteiger partial charge on any atom is -0.462 e. The number of unbranched alkanes of at least 4 members (excludes halogenated alkanes) is 28. The lowest BCUT2D eigenvalue weighted by Gasteiger charge is -2.21. The van der Waals surface area contributed by atoms with Crippen molar-refractivity contribution in [3.63, 3.8) is 0 Å². The van der Waals surface area contributed by atoms with Gasteiger partial charge in [-0.15, -0.1) is 0 Å². The zero-order chi connectivity index (χ0) is 65.2. The van der Waals surface area contributed by atoms with Crippen LogP contribution in [0, 0.1) is 17.8 Å². The van der Waals surface area contributed by atoms with Crippen LogP contribution in [-0.4, -0.2) is 96.7 Å². The van der Waals surface area contributed by atoms with Crippen LogP contribution >= 0.6 is 15.6 Å². The summed E-state index contributed by atoms with van der Waals surface area (Å²) in [4.78, 5) is 72.4. The zero-order valence-corrected chi connectivity index (χ0v) is 58.5. The van der Waals surface area contributed by atoms with Crippen LogP contribution < -0.4 is 0 Å². The molecule has 0 heterocycles. The van der Waals surface area contributed by atoms with Gasteiger partial charge in [0.15, 0.2) is 12.2 Å². The minimum atomic E-state index is -4.96. The van der Waals surface area contributed by atoms with Gasteiger partial charge in [-0.2, -0.15) is 0 Å². The van der Waals surface area contributed by atoms with Gasteiger partial charge in [-0.05, 0) is 69.1 Å². The Kier molecular flexibility index (Phi) is 57.9. The Labute approximate surface area is 535 Å². The molecule has 88 heavy (non-hydrogen) atoms. The summed E-state index contributed by atoms with van der Waals surface area (Å²) in [7, 11) is -9.91. The number of rotatable bonds is 65. The molecule has 0 aliphatic carbocycles. The van der Waals surface area contributed by atoms with E-state index in [1.807, 2.05) is 0 Å². The minimum absolute atomic E-state index is 0.0835. The molecular formula is C69H130O17P2. The van der Waals surface area contributed by atoms with Crippen LogP contribution in [0.1, 0.15) is 318 Å². The summed E-state index contributed by atoms with van der Waals surface area (Å²) >= 11 is 0. The van der Waals surface area contributed by atoms with Gasteiger partial charge in [0.2, 0.25) is 0 Å². The number of hydrogen-bond donors (Lipinski definition) is 3. The number of carbonyl (C=O) groups excluding carboxylic acids is 4. The third-order valence-electron chi connectivity index (χ3n) is 16.0. The molecule has 0 fully saturated rings. The molecule has 0 amide bonds. The molecule has 7 atom stereocenters. The molecule has 0 aliphatic heterocycles. The van der Waals surface area contributed by atoms with Crippen LogP contribution in [0.15, 0.2) is 24.3 Å². The first-order valence-corrected chi connectivity index (χ1v) is 38.2. The van der Waals surface area contributed by atoms with Crippen LogP contribution in [-0.2, 0) is 65.4 Å². The maximum Gasteiger partial charge on any atom is 0.472 e. The van der Waals surface area contributed by atoms with Crippen LogP contribution in [0.25, 0.3) is 0 Å². The van der Waals surface area contributed by atoms with Crippen LogP contribution in [0.2, 0.25) is 0 Å². The van der Waals surface area contributed by atoms with Crippen molar-refractivity contribution < 1.29 is 80.2 Å². The van der Waals surface area contributed by atoms with Gasteiger partial charge >= 0.3 is 39.5 Å². The first kappa shape index (κ1) is 85.5. The van der Waals surface area contributed by atoms with E-state index in [1.165, 1.54) is 103 Å². The standard InChI is InChI=1S/C69H130O17P2/c1-8-11-12-13-14-15-16-17-18-19-20-24-27-38-45-52-68(73)86-65(57-80-67(72)51-44-37-32-30-35-42-49-62(7)10-3)59-84-88(77,78)82-55-63(70)54-81-87(75,76)83-58-64(56-79-66(71)50-43-36-31-29-33-40-47-60(4)5)85-69(74)53-46-39-28-25-22-21-23-26-34-41-48-61(6)9-2/h15-18,60-65,70H,8-14,19-59H2,1-7H3,(H,75,76)(H,77,78)/b16-15-,18-17-/t61?,62?,63-,64+,65+/m0/s1. The average molecular weight is 1290 g/mol.